The highest BCUT2D eigenvalue weighted by molar-refractivity contribution is 7.92. The maximum atomic E-state index is 12.2. The quantitative estimate of drug-likeness (QED) is 0.864. The van der Waals surface area contributed by atoms with Gasteiger partial charge in [-0.1, -0.05) is 11.6 Å². The van der Waals surface area contributed by atoms with Crippen molar-refractivity contribution in [3.05, 3.63) is 53.1 Å². The fraction of sp³-hybridized carbons (Fsp3) is 0.133. The van der Waals surface area contributed by atoms with Crippen molar-refractivity contribution in [1.29, 1.82) is 0 Å². The maximum absolute atomic E-state index is 12.2. The maximum Gasteiger partial charge on any atom is 0.255 e. The number of methoxy groups -OCH3 is 1. The van der Waals surface area contributed by atoms with E-state index >= 15 is 0 Å². The number of hydrogen-bond acceptors (Lipinski definition) is 4. The van der Waals surface area contributed by atoms with Gasteiger partial charge in [-0.25, -0.2) is 8.42 Å². The fourth-order valence-electron chi connectivity index (χ4n) is 1.85. The minimum atomic E-state index is -3.35. The molecular formula is C15H15ClN2O4S. The average Bonchev–Trinajstić information content (AvgIpc) is 2.46. The number of benzene rings is 2. The average molecular weight is 355 g/mol. The molecular weight excluding hydrogens is 340 g/mol. The molecule has 0 heterocycles. The van der Waals surface area contributed by atoms with E-state index in [2.05, 4.69) is 10.0 Å². The first-order chi connectivity index (χ1) is 10.8. The summed E-state index contributed by atoms with van der Waals surface area (Å²) in [7, 11) is -1.84. The zero-order valence-electron chi connectivity index (χ0n) is 12.5. The van der Waals surface area contributed by atoms with E-state index in [0.29, 0.717) is 27.7 Å². The van der Waals surface area contributed by atoms with Gasteiger partial charge in [0.1, 0.15) is 5.75 Å². The van der Waals surface area contributed by atoms with Gasteiger partial charge in [-0.2, -0.15) is 0 Å². The zero-order valence-corrected chi connectivity index (χ0v) is 14.0. The molecule has 1 amide bonds. The summed E-state index contributed by atoms with van der Waals surface area (Å²) in [6.07, 6.45) is 1.06. The van der Waals surface area contributed by atoms with Crippen molar-refractivity contribution in [3.8, 4) is 5.75 Å². The van der Waals surface area contributed by atoms with Crippen LogP contribution in [0, 0.1) is 0 Å². The fourth-order valence-corrected chi connectivity index (χ4v) is 2.67. The third kappa shape index (κ3) is 4.87. The van der Waals surface area contributed by atoms with Crippen LogP contribution in [0.4, 0.5) is 11.4 Å². The van der Waals surface area contributed by atoms with Crippen LogP contribution in [0.5, 0.6) is 5.75 Å². The van der Waals surface area contributed by atoms with Crippen molar-refractivity contribution in [2.45, 2.75) is 0 Å². The van der Waals surface area contributed by atoms with Gasteiger partial charge in [0.2, 0.25) is 10.0 Å². The molecule has 6 nitrogen and oxygen atoms in total. The molecule has 0 spiro atoms. The molecule has 0 unspecified atom stereocenters. The zero-order chi connectivity index (χ0) is 17.0. The number of halogens is 1. The molecule has 2 aromatic carbocycles. The van der Waals surface area contributed by atoms with Gasteiger partial charge >= 0.3 is 0 Å². The summed E-state index contributed by atoms with van der Waals surface area (Å²) in [6, 6.07) is 11.0. The van der Waals surface area contributed by atoms with Crippen LogP contribution in [0.2, 0.25) is 5.02 Å². The molecule has 0 aromatic heterocycles. The minimum Gasteiger partial charge on any atom is -0.495 e. The van der Waals surface area contributed by atoms with Crippen LogP contribution in [-0.4, -0.2) is 27.7 Å². The normalized spacial score (nSPS) is 10.9. The SMILES string of the molecule is COc1ccc(NC(=O)c2ccc(NS(C)(=O)=O)cc2)cc1Cl. The topological polar surface area (TPSA) is 84.5 Å². The number of nitrogens with one attached hydrogen (secondary N) is 2. The Morgan fingerprint density at radius 3 is 2.22 bits per heavy atom. The molecule has 0 aliphatic rings. The summed E-state index contributed by atoms with van der Waals surface area (Å²) in [5.41, 5.74) is 1.30. The molecule has 0 atom stereocenters. The number of hydrogen-bond donors (Lipinski definition) is 2. The molecule has 0 bridgehead atoms. The first-order valence-electron chi connectivity index (χ1n) is 6.51. The van der Waals surface area contributed by atoms with E-state index < -0.39 is 10.0 Å². The Morgan fingerprint density at radius 2 is 1.70 bits per heavy atom. The number of anilines is 2. The van der Waals surface area contributed by atoms with Gasteiger partial charge < -0.3 is 10.1 Å². The third-order valence-corrected chi connectivity index (χ3v) is 3.76. The van der Waals surface area contributed by atoms with Crippen LogP contribution in [0.1, 0.15) is 10.4 Å². The van der Waals surface area contributed by atoms with Gasteiger partial charge in [0.15, 0.2) is 0 Å². The van der Waals surface area contributed by atoms with Crippen LogP contribution in [0.3, 0.4) is 0 Å². The van der Waals surface area contributed by atoms with Gasteiger partial charge in [0.05, 0.1) is 18.4 Å². The van der Waals surface area contributed by atoms with Gasteiger partial charge in [-0.3, -0.25) is 9.52 Å². The summed E-state index contributed by atoms with van der Waals surface area (Å²) in [5.74, 6) is 0.179. The van der Waals surface area contributed by atoms with E-state index in [1.807, 2.05) is 0 Å². The number of sulfonamides is 1. The summed E-state index contributed by atoms with van der Waals surface area (Å²) < 4.78 is 29.6. The molecule has 0 saturated heterocycles. The second-order valence-corrected chi connectivity index (χ2v) is 6.91. The number of amides is 1. The standard InChI is InChI=1S/C15H15ClN2O4S/c1-22-14-8-7-12(9-13(14)16)17-15(19)10-3-5-11(6-4-10)18-23(2,20)21/h3-9,18H,1-2H3,(H,17,19). The Morgan fingerprint density at radius 1 is 1.09 bits per heavy atom. The highest BCUT2D eigenvalue weighted by atomic mass is 35.5. The van der Waals surface area contributed by atoms with E-state index in [0.717, 1.165) is 6.26 Å². The first kappa shape index (κ1) is 17.1. The first-order valence-corrected chi connectivity index (χ1v) is 8.78. The Bertz CT molecular complexity index is 820. The molecule has 23 heavy (non-hydrogen) atoms. The van der Waals surface area contributed by atoms with E-state index in [9.17, 15) is 13.2 Å². The molecule has 2 aromatic rings. The van der Waals surface area contributed by atoms with E-state index in [-0.39, 0.29) is 5.91 Å². The molecule has 122 valence electrons. The highest BCUT2D eigenvalue weighted by Gasteiger charge is 2.09. The van der Waals surface area contributed by atoms with Gasteiger partial charge in [0.25, 0.3) is 5.91 Å². The molecule has 0 radical (unpaired) electrons. The Labute approximate surface area is 139 Å². The van der Waals surface area contributed by atoms with Gasteiger partial charge in [0, 0.05) is 16.9 Å². The summed E-state index contributed by atoms with van der Waals surface area (Å²) in [5, 5.41) is 3.09. The lowest BCUT2D eigenvalue weighted by Crippen LogP contribution is -2.13. The van der Waals surface area contributed by atoms with Crippen LogP contribution >= 0.6 is 11.6 Å². The van der Waals surface area contributed by atoms with Gasteiger partial charge in [-0.05, 0) is 42.5 Å². The van der Waals surface area contributed by atoms with E-state index in [1.165, 1.54) is 31.4 Å². The number of rotatable bonds is 5. The van der Waals surface area contributed by atoms with Gasteiger partial charge in [-0.15, -0.1) is 0 Å². The molecule has 8 heteroatoms. The molecule has 0 aliphatic carbocycles. The van der Waals surface area contributed by atoms with Crippen LogP contribution < -0.4 is 14.8 Å². The monoisotopic (exact) mass is 354 g/mol. The summed E-state index contributed by atoms with van der Waals surface area (Å²) in [6.45, 7) is 0. The second-order valence-electron chi connectivity index (χ2n) is 4.76. The van der Waals surface area contributed by atoms with Crippen molar-refractivity contribution in [3.63, 3.8) is 0 Å². The molecule has 2 N–H and O–H groups in total. The molecule has 0 fully saturated rings. The smallest absolute Gasteiger partial charge is 0.255 e. The Balaban J connectivity index is 2.10. The number of carbonyl (C=O) groups excluding carboxylic acids is 1. The lowest BCUT2D eigenvalue weighted by Gasteiger charge is -2.09. The largest absolute Gasteiger partial charge is 0.495 e. The predicted molar refractivity (Wildman–Crippen MR) is 90.9 cm³/mol. The van der Waals surface area contributed by atoms with Crippen molar-refractivity contribution in [2.75, 3.05) is 23.4 Å². The second kappa shape index (κ2) is 6.89. The van der Waals surface area contributed by atoms with Crippen molar-refractivity contribution in [2.24, 2.45) is 0 Å². The van der Waals surface area contributed by atoms with Crippen LogP contribution in [0.15, 0.2) is 42.5 Å². The van der Waals surface area contributed by atoms with Crippen molar-refractivity contribution >= 4 is 38.9 Å². The predicted octanol–water partition coefficient (Wildman–Crippen LogP) is 2.97. The van der Waals surface area contributed by atoms with Crippen LogP contribution in [-0.2, 0) is 10.0 Å². The van der Waals surface area contributed by atoms with Crippen LogP contribution in [0.25, 0.3) is 0 Å². The molecule has 0 saturated carbocycles. The highest BCUT2D eigenvalue weighted by Crippen LogP contribution is 2.27. The molecule has 2 rings (SSSR count). The molecule has 0 aliphatic heterocycles. The third-order valence-electron chi connectivity index (χ3n) is 2.86. The minimum absolute atomic E-state index is 0.336. The lowest BCUT2D eigenvalue weighted by atomic mass is 10.2. The number of carbonyl (C=O) groups is 1. The number of ether oxygens (including phenoxy) is 1. The lowest BCUT2D eigenvalue weighted by molar-refractivity contribution is 0.102. The Kier molecular flexibility index (Phi) is 5.12. The van der Waals surface area contributed by atoms with Crippen molar-refractivity contribution < 1.29 is 17.9 Å². The van der Waals surface area contributed by atoms with E-state index in [4.69, 9.17) is 16.3 Å². The van der Waals surface area contributed by atoms with E-state index in [1.54, 1.807) is 18.2 Å². The summed E-state index contributed by atoms with van der Waals surface area (Å²) in [4.78, 5) is 12.2. The Hall–Kier alpha value is -2.25. The van der Waals surface area contributed by atoms with Crippen molar-refractivity contribution in [1.82, 2.24) is 0 Å². The summed E-state index contributed by atoms with van der Waals surface area (Å²) >= 11 is 6.00.